The van der Waals surface area contributed by atoms with E-state index in [1.54, 1.807) is 12.1 Å². The van der Waals surface area contributed by atoms with Gasteiger partial charge < -0.3 is 15.1 Å². The number of nitrogens with one attached hydrogen (secondary N) is 1. The molecule has 2 atom stereocenters. The van der Waals surface area contributed by atoms with Crippen LogP contribution in [0.25, 0.3) is 0 Å². The molecule has 1 fully saturated rings. The maximum Gasteiger partial charge on any atom is 0.261 e. The summed E-state index contributed by atoms with van der Waals surface area (Å²) in [5, 5.41) is 3.10. The maximum atomic E-state index is 13.3. The Hall–Kier alpha value is -1.89. The van der Waals surface area contributed by atoms with Crippen LogP contribution in [0.1, 0.15) is 40.6 Å². The van der Waals surface area contributed by atoms with E-state index in [4.69, 9.17) is 11.6 Å². The van der Waals surface area contributed by atoms with Gasteiger partial charge in [-0.3, -0.25) is 9.59 Å². The molecule has 1 aromatic carbocycles. The lowest BCUT2D eigenvalue weighted by molar-refractivity contribution is -0.120. The minimum Gasteiger partial charge on any atom is -0.346 e. The van der Waals surface area contributed by atoms with Crippen LogP contribution >= 0.6 is 22.9 Å². The van der Waals surface area contributed by atoms with Gasteiger partial charge in [-0.2, -0.15) is 0 Å². The lowest BCUT2D eigenvalue weighted by Gasteiger charge is -2.19. The molecule has 2 aliphatic rings. The van der Waals surface area contributed by atoms with Gasteiger partial charge in [0, 0.05) is 25.3 Å². The van der Waals surface area contributed by atoms with Crippen LogP contribution in [0.2, 0.25) is 4.34 Å². The first kappa shape index (κ1) is 21.3. The molecule has 3 heterocycles. The third-order valence-electron chi connectivity index (χ3n) is 6.19. The van der Waals surface area contributed by atoms with E-state index < -0.39 is 0 Å². The molecular formula is C23H28ClN3O2S. The normalized spacial score (nSPS) is 22.1. The third-order valence-corrected chi connectivity index (χ3v) is 7.42. The molecule has 160 valence electrons. The standard InChI is InChI=1S/C23H28ClN3O2S/c1-3-4-18-19(25-22(28)20-7-8-21(24)30-20)14-27(23(18)29)17-6-5-15-9-11-26(2)12-10-16(15)13-17/h5-8,13,18-19H,3-4,9-12,14H2,1-2H3,(H,25,28)/t18-,19+/m1/s1. The molecule has 0 unspecified atom stereocenters. The predicted octanol–water partition coefficient (Wildman–Crippen LogP) is 3.99. The van der Waals surface area contributed by atoms with E-state index in [1.165, 1.54) is 22.5 Å². The van der Waals surface area contributed by atoms with E-state index in [9.17, 15) is 9.59 Å². The molecule has 0 radical (unpaired) electrons. The molecule has 0 aliphatic carbocycles. The van der Waals surface area contributed by atoms with Crippen molar-refractivity contribution in [1.82, 2.24) is 10.2 Å². The van der Waals surface area contributed by atoms with Crippen molar-refractivity contribution in [3.05, 3.63) is 50.7 Å². The zero-order chi connectivity index (χ0) is 21.3. The first-order chi connectivity index (χ1) is 14.5. The zero-order valence-electron chi connectivity index (χ0n) is 17.5. The number of amides is 2. The molecule has 7 heteroatoms. The van der Waals surface area contributed by atoms with Crippen LogP contribution in [0, 0.1) is 5.92 Å². The molecule has 0 bridgehead atoms. The molecule has 0 spiro atoms. The summed E-state index contributed by atoms with van der Waals surface area (Å²) in [6.07, 6.45) is 3.71. The van der Waals surface area contributed by atoms with Crippen molar-refractivity contribution in [2.45, 2.75) is 38.6 Å². The van der Waals surface area contributed by atoms with Crippen molar-refractivity contribution in [1.29, 1.82) is 0 Å². The summed E-state index contributed by atoms with van der Waals surface area (Å²) in [4.78, 5) is 30.7. The number of rotatable bonds is 5. The van der Waals surface area contributed by atoms with E-state index in [0.29, 0.717) is 15.8 Å². The average Bonchev–Trinajstić information content (AvgIpc) is 3.23. The van der Waals surface area contributed by atoms with Crippen LogP contribution in [0.15, 0.2) is 30.3 Å². The van der Waals surface area contributed by atoms with Crippen LogP contribution in [0.5, 0.6) is 0 Å². The van der Waals surface area contributed by atoms with Gasteiger partial charge in [-0.1, -0.05) is 31.0 Å². The number of thiophene rings is 1. The Morgan fingerprint density at radius 2 is 1.97 bits per heavy atom. The summed E-state index contributed by atoms with van der Waals surface area (Å²) < 4.78 is 0.588. The monoisotopic (exact) mass is 445 g/mol. The van der Waals surface area contributed by atoms with Crippen LogP contribution in [0.4, 0.5) is 5.69 Å². The quantitative estimate of drug-likeness (QED) is 0.756. The number of fused-ring (bicyclic) bond motifs is 1. The number of halogens is 1. The SMILES string of the molecule is CCC[C@H]1C(=O)N(c2ccc3c(c2)CCN(C)CC3)C[C@@H]1NC(=O)c1ccc(Cl)s1. The van der Waals surface area contributed by atoms with Crippen molar-refractivity contribution >= 4 is 40.4 Å². The van der Waals surface area contributed by atoms with Crippen LogP contribution < -0.4 is 10.2 Å². The molecule has 4 rings (SSSR count). The van der Waals surface area contributed by atoms with E-state index in [2.05, 4.69) is 42.4 Å². The Kier molecular flexibility index (Phi) is 6.46. The lowest BCUT2D eigenvalue weighted by atomic mass is 9.97. The highest BCUT2D eigenvalue weighted by Crippen LogP contribution is 2.31. The number of hydrogen-bond acceptors (Lipinski definition) is 4. The maximum absolute atomic E-state index is 13.3. The molecule has 2 aliphatic heterocycles. The molecule has 30 heavy (non-hydrogen) atoms. The summed E-state index contributed by atoms with van der Waals surface area (Å²) in [7, 11) is 2.15. The number of nitrogens with zero attached hydrogens (tertiary/aromatic N) is 2. The van der Waals surface area contributed by atoms with E-state index in [-0.39, 0.29) is 23.8 Å². The highest BCUT2D eigenvalue weighted by Gasteiger charge is 2.41. The van der Waals surface area contributed by atoms with Gasteiger partial charge in [-0.25, -0.2) is 0 Å². The number of benzene rings is 1. The number of likely N-dealkylation sites (N-methyl/N-ethyl adjacent to an activating group) is 1. The fraction of sp³-hybridized carbons (Fsp3) is 0.478. The highest BCUT2D eigenvalue weighted by atomic mass is 35.5. The van der Waals surface area contributed by atoms with E-state index in [0.717, 1.165) is 44.5 Å². The number of carbonyl (C=O) groups excluding carboxylic acids is 2. The number of carbonyl (C=O) groups is 2. The molecule has 0 saturated carbocycles. The van der Waals surface area contributed by atoms with Crippen LogP contribution in [-0.4, -0.2) is 49.4 Å². The first-order valence-corrected chi connectivity index (χ1v) is 11.8. The Morgan fingerprint density at radius 3 is 2.67 bits per heavy atom. The van der Waals surface area contributed by atoms with Crippen molar-refractivity contribution in [2.24, 2.45) is 5.92 Å². The highest BCUT2D eigenvalue weighted by molar-refractivity contribution is 7.18. The Labute approximate surface area is 187 Å². The summed E-state index contributed by atoms with van der Waals surface area (Å²) >= 11 is 7.24. The number of hydrogen-bond donors (Lipinski definition) is 1. The summed E-state index contributed by atoms with van der Waals surface area (Å²) in [5.74, 6) is -0.242. The Bertz CT molecular complexity index is 944. The summed E-state index contributed by atoms with van der Waals surface area (Å²) in [6.45, 7) is 4.68. The van der Waals surface area contributed by atoms with Gasteiger partial charge in [0.05, 0.1) is 21.2 Å². The van der Waals surface area contributed by atoms with E-state index in [1.807, 2.05) is 4.90 Å². The minimum atomic E-state index is -0.198. The van der Waals surface area contributed by atoms with Gasteiger partial charge in [0.15, 0.2) is 0 Å². The predicted molar refractivity (Wildman–Crippen MR) is 123 cm³/mol. The van der Waals surface area contributed by atoms with Gasteiger partial charge >= 0.3 is 0 Å². The Balaban J connectivity index is 1.54. The molecule has 2 aromatic rings. The van der Waals surface area contributed by atoms with Gasteiger partial charge in [-0.15, -0.1) is 11.3 Å². The molecule has 2 amide bonds. The van der Waals surface area contributed by atoms with Gasteiger partial charge in [0.1, 0.15) is 0 Å². The number of anilines is 1. The smallest absolute Gasteiger partial charge is 0.261 e. The fourth-order valence-electron chi connectivity index (χ4n) is 4.47. The lowest BCUT2D eigenvalue weighted by Crippen LogP contribution is -2.40. The first-order valence-electron chi connectivity index (χ1n) is 10.6. The van der Waals surface area contributed by atoms with Crippen molar-refractivity contribution < 1.29 is 9.59 Å². The average molecular weight is 446 g/mol. The molecule has 1 aromatic heterocycles. The summed E-state index contributed by atoms with van der Waals surface area (Å²) in [6, 6.07) is 9.67. The zero-order valence-corrected chi connectivity index (χ0v) is 19.1. The van der Waals surface area contributed by atoms with Crippen LogP contribution in [0.3, 0.4) is 0 Å². The third kappa shape index (κ3) is 4.41. The summed E-state index contributed by atoms with van der Waals surface area (Å²) in [5.41, 5.74) is 3.65. The minimum absolute atomic E-state index is 0.108. The van der Waals surface area contributed by atoms with E-state index >= 15 is 0 Å². The fourth-order valence-corrected chi connectivity index (χ4v) is 5.41. The van der Waals surface area contributed by atoms with Gasteiger partial charge in [0.25, 0.3) is 5.91 Å². The van der Waals surface area contributed by atoms with Crippen LogP contribution in [-0.2, 0) is 17.6 Å². The Morgan fingerprint density at radius 1 is 1.20 bits per heavy atom. The van der Waals surface area contributed by atoms with Crippen molar-refractivity contribution in [2.75, 3.05) is 31.6 Å². The topological polar surface area (TPSA) is 52.7 Å². The molecule has 1 saturated heterocycles. The second-order valence-corrected chi connectivity index (χ2v) is 10.00. The van der Waals surface area contributed by atoms with Crippen molar-refractivity contribution in [3.8, 4) is 0 Å². The second-order valence-electron chi connectivity index (χ2n) is 8.28. The van der Waals surface area contributed by atoms with Gasteiger partial charge in [0.2, 0.25) is 5.91 Å². The molecule has 1 N–H and O–H groups in total. The largest absolute Gasteiger partial charge is 0.346 e. The van der Waals surface area contributed by atoms with Gasteiger partial charge in [-0.05, 0) is 61.7 Å². The van der Waals surface area contributed by atoms with Crippen molar-refractivity contribution in [3.63, 3.8) is 0 Å². The molecule has 5 nitrogen and oxygen atoms in total. The second kappa shape index (κ2) is 9.08. The molecular weight excluding hydrogens is 418 g/mol.